The van der Waals surface area contributed by atoms with Crippen LogP contribution in [0.4, 0.5) is 10.5 Å². The Balaban J connectivity index is 2.22. The quantitative estimate of drug-likeness (QED) is 0.856. The van der Waals surface area contributed by atoms with Crippen molar-refractivity contribution in [2.75, 3.05) is 25.0 Å². The summed E-state index contributed by atoms with van der Waals surface area (Å²) in [6.07, 6.45) is 0.521. The van der Waals surface area contributed by atoms with Crippen LogP contribution in [0.25, 0.3) is 0 Å². The van der Waals surface area contributed by atoms with Gasteiger partial charge in [-0.15, -0.1) is 0 Å². The fourth-order valence-corrected chi connectivity index (χ4v) is 2.37. The molecule has 0 aliphatic carbocycles. The Kier molecular flexibility index (Phi) is 3.67. The maximum absolute atomic E-state index is 12.4. The van der Waals surface area contributed by atoms with Crippen molar-refractivity contribution in [2.24, 2.45) is 0 Å². The van der Waals surface area contributed by atoms with E-state index >= 15 is 0 Å². The van der Waals surface area contributed by atoms with Crippen molar-refractivity contribution >= 4 is 17.7 Å². The molecule has 1 aromatic carbocycles. The molecule has 0 aromatic heterocycles. The Morgan fingerprint density at radius 2 is 2.00 bits per heavy atom. The van der Waals surface area contributed by atoms with Gasteiger partial charge in [-0.05, 0) is 25.5 Å². The average Bonchev–Trinajstić information content (AvgIpc) is 2.77. The topological polar surface area (TPSA) is 81.1 Å². The number of carbonyl (C=O) groups is 2. The third-order valence-corrected chi connectivity index (χ3v) is 3.51. The van der Waals surface area contributed by atoms with Crippen LogP contribution < -0.4 is 4.90 Å². The summed E-state index contributed by atoms with van der Waals surface area (Å²) in [5.74, 6) is -1.08. The Morgan fingerprint density at radius 1 is 1.35 bits per heavy atom. The number of amides is 2. The molecule has 6 heteroatoms. The standard InChI is InChI=1S/C14H18N2O4/c1-14(20)7-8-16(9-14)13(19)15(2)11-6-4-3-5-10(11)12(17)18/h3-6,20H,7-9H2,1-2H3,(H,17,18). The second-order valence-corrected chi connectivity index (χ2v) is 5.33. The van der Waals surface area contributed by atoms with E-state index in [-0.39, 0.29) is 18.1 Å². The van der Waals surface area contributed by atoms with Gasteiger partial charge in [0.1, 0.15) is 0 Å². The van der Waals surface area contributed by atoms with Crippen molar-refractivity contribution < 1.29 is 19.8 Å². The number of para-hydroxylation sites is 1. The summed E-state index contributed by atoms with van der Waals surface area (Å²) in [5, 5.41) is 19.1. The van der Waals surface area contributed by atoms with Gasteiger partial charge >= 0.3 is 12.0 Å². The van der Waals surface area contributed by atoms with Crippen molar-refractivity contribution in [1.82, 2.24) is 4.90 Å². The number of likely N-dealkylation sites (tertiary alicyclic amines) is 1. The van der Waals surface area contributed by atoms with Gasteiger partial charge in [0.2, 0.25) is 0 Å². The summed E-state index contributed by atoms with van der Waals surface area (Å²) in [7, 11) is 1.54. The molecule has 1 saturated heterocycles. The summed E-state index contributed by atoms with van der Waals surface area (Å²) in [4.78, 5) is 26.4. The number of hydrogen-bond donors (Lipinski definition) is 2. The zero-order valence-corrected chi connectivity index (χ0v) is 11.5. The van der Waals surface area contributed by atoms with E-state index < -0.39 is 11.6 Å². The highest BCUT2D eigenvalue weighted by molar-refractivity contribution is 6.01. The SMILES string of the molecule is CN(C(=O)N1CCC(C)(O)C1)c1ccccc1C(=O)O. The van der Waals surface area contributed by atoms with Gasteiger partial charge in [-0.1, -0.05) is 12.1 Å². The molecule has 1 heterocycles. The van der Waals surface area contributed by atoms with Crippen LogP contribution >= 0.6 is 0 Å². The van der Waals surface area contributed by atoms with E-state index in [0.29, 0.717) is 18.7 Å². The molecule has 1 unspecified atom stereocenters. The van der Waals surface area contributed by atoms with Crippen LogP contribution in [0.5, 0.6) is 0 Å². The fourth-order valence-electron chi connectivity index (χ4n) is 2.37. The smallest absolute Gasteiger partial charge is 0.337 e. The lowest BCUT2D eigenvalue weighted by atomic mass is 10.1. The number of urea groups is 1. The van der Waals surface area contributed by atoms with Crippen molar-refractivity contribution in [2.45, 2.75) is 18.9 Å². The summed E-state index contributed by atoms with van der Waals surface area (Å²) in [5.41, 5.74) is -0.450. The number of aromatic carboxylic acids is 1. The molecule has 1 aromatic rings. The number of carbonyl (C=O) groups excluding carboxylic acids is 1. The second kappa shape index (κ2) is 5.13. The van der Waals surface area contributed by atoms with Crippen molar-refractivity contribution in [3.63, 3.8) is 0 Å². The zero-order valence-electron chi connectivity index (χ0n) is 11.5. The number of carboxylic acid groups (broad SMARTS) is 1. The number of β-amino-alcohol motifs (C(OH)–C–C–N with tert-alkyl or cyclic N) is 1. The van der Waals surface area contributed by atoms with E-state index in [1.807, 2.05) is 0 Å². The molecule has 0 saturated carbocycles. The second-order valence-electron chi connectivity index (χ2n) is 5.33. The van der Waals surface area contributed by atoms with Crippen LogP contribution in [-0.2, 0) is 0 Å². The van der Waals surface area contributed by atoms with E-state index in [2.05, 4.69) is 0 Å². The highest BCUT2D eigenvalue weighted by Gasteiger charge is 2.35. The predicted molar refractivity (Wildman–Crippen MR) is 74.0 cm³/mol. The molecule has 6 nitrogen and oxygen atoms in total. The largest absolute Gasteiger partial charge is 0.478 e. The van der Waals surface area contributed by atoms with E-state index in [0.717, 1.165) is 0 Å². The summed E-state index contributed by atoms with van der Waals surface area (Å²) < 4.78 is 0. The van der Waals surface area contributed by atoms with E-state index in [9.17, 15) is 14.7 Å². The van der Waals surface area contributed by atoms with E-state index in [1.165, 1.54) is 22.9 Å². The number of rotatable bonds is 2. The molecule has 0 bridgehead atoms. The number of aliphatic hydroxyl groups is 1. The molecular formula is C14H18N2O4. The fraction of sp³-hybridized carbons (Fsp3) is 0.429. The Labute approximate surface area is 117 Å². The highest BCUT2D eigenvalue weighted by atomic mass is 16.4. The van der Waals surface area contributed by atoms with Crippen LogP contribution in [0.3, 0.4) is 0 Å². The van der Waals surface area contributed by atoms with E-state index in [4.69, 9.17) is 5.11 Å². The molecule has 2 N–H and O–H groups in total. The average molecular weight is 278 g/mol. The third kappa shape index (κ3) is 2.75. The lowest BCUT2D eigenvalue weighted by Crippen LogP contribution is -2.42. The molecule has 1 aliphatic heterocycles. The first-order valence-electron chi connectivity index (χ1n) is 6.39. The summed E-state index contributed by atoms with van der Waals surface area (Å²) in [6, 6.07) is 6.05. The molecule has 1 aliphatic rings. The first kappa shape index (κ1) is 14.3. The minimum absolute atomic E-state index is 0.0781. The maximum atomic E-state index is 12.4. The highest BCUT2D eigenvalue weighted by Crippen LogP contribution is 2.25. The van der Waals surface area contributed by atoms with Gasteiger partial charge in [0.25, 0.3) is 0 Å². The maximum Gasteiger partial charge on any atom is 0.337 e. The van der Waals surface area contributed by atoms with Crippen LogP contribution in [0.1, 0.15) is 23.7 Å². The lowest BCUT2D eigenvalue weighted by molar-refractivity contribution is 0.0694. The number of benzene rings is 1. The predicted octanol–water partition coefficient (Wildman–Crippen LogP) is 1.40. The number of nitrogens with zero attached hydrogens (tertiary/aromatic N) is 2. The third-order valence-electron chi connectivity index (χ3n) is 3.51. The number of carboxylic acids is 1. The van der Waals surface area contributed by atoms with Gasteiger partial charge in [0.05, 0.1) is 23.4 Å². The Bertz CT molecular complexity index is 542. The van der Waals surface area contributed by atoms with Crippen LogP contribution in [0.2, 0.25) is 0 Å². The van der Waals surface area contributed by atoms with Gasteiger partial charge in [-0.25, -0.2) is 9.59 Å². The minimum atomic E-state index is -1.08. The minimum Gasteiger partial charge on any atom is -0.478 e. The van der Waals surface area contributed by atoms with Crippen LogP contribution in [0.15, 0.2) is 24.3 Å². The zero-order chi connectivity index (χ0) is 14.9. The van der Waals surface area contributed by atoms with Crippen molar-refractivity contribution in [3.05, 3.63) is 29.8 Å². The molecule has 1 atom stereocenters. The first-order chi connectivity index (χ1) is 9.32. The monoisotopic (exact) mass is 278 g/mol. The Morgan fingerprint density at radius 3 is 2.55 bits per heavy atom. The number of hydrogen-bond acceptors (Lipinski definition) is 3. The molecule has 2 amide bonds. The number of anilines is 1. The van der Waals surface area contributed by atoms with Gasteiger partial charge in [0, 0.05) is 13.6 Å². The lowest BCUT2D eigenvalue weighted by Gasteiger charge is -2.26. The van der Waals surface area contributed by atoms with Gasteiger partial charge in [0.15, 0.2) is 0 Å². The van der Waals surface area contributed by atoms with Crippen LogP contribution in [0, 0.1) is 0 Å². The molecule has 20 heavy (non-hydrogen) atoms. The van der Waals surface area contributed by atoms with Crippen molar-refractivity contribution in [1.29, 1.82) is 0 Å². The summed E-state index contributed by atoms with van der Waals surface area (Å²) in [6.45, 7) is 2.41. The molecule has 1 fully saturated rings. The summed E-state index contributed by atoms with van der Waals surface area (Å²) >= 11 is 0. The molecular weight excluding hydrogens is 260 g/mol. The normalized spacial score (nSPS) is 21.9. The molecule has 108 valence electrons. The van der Waals surface area contributed by atoms with Crippen LogP contribution in [-0.4, -0.2) is 52.9 Å². The molecule has 2 rings (SSSR count). The van der Waals surface area contributed by atoms with Gasteiger partial charge in [-0.3, -0.25) is 4.90 Å². The van der Waals surface area contributed by atoms with E-state index in [1.54, 1.807) is 25.1 Å². The first-order valence-corrected chi connectivity index (χ1v) is 6.39. The van der Waals surface area contributed by atoms with Gasteiger partial charge in [-0.2, -0.15) is 0 Å². The molecule has 0 spiro atoms. The Hall–Kier alpha value is -2.08. The molecule has 0 radical (unpaired) electrons. The van der Waals surface area contributed by atoms with Gasteiger partial charge < -0.3 is 15.1 Å². The van der Waals surface area contributed by atoms with Crippen molar-refractivity contribution in [3.8, 4) is 0 Å².